The summed E-state index contributed by atoms with van der Waals surface area (Å²) in [4.78, 5) is 4.55. The number of hydrogen-bond donors (Lipinski definition) is 1. The molecule has 1 N–H and O–H groups in total. The Bertz CT molecular complexity index is 780. The summed E-state index contributed by atoms with van der Waals surface area (Å²) in [6.45, 7) is 3.31. The summed E-state index contributed by atoms with van der Waals surface area (Å²) in [6, 6.07) is 8.73. The van der Waals surface area contributed by atoms with Gasteiger partial charge >= 0.3 is 0 Å². The van der Waals surface area contributed by atoms with Crippen LogP contribution in [0, 0.1) is 0 Å². The largest absolute Gasteiger partial charge is 0.369 e. The molecular formula is C18H24N4O2S. The fourth-order valence-electron chi connectivity index (χ4n) is 3.82. The highest BCUT2D eigenvalue weighted by molar-refractivity contribution is 7.91. The molecule has 2 aliphatic rings. The lowest BCUT2D eigenvalue weighted by atomic mass is 9.89. The minimum Gasteiger partial charge on any atom is -0.369 e. The molecule has 7 heteroatoms. The predicted molar refractivity (Wildman–Crippen MR) is 100 cm³/mol. The van der Waals surface area contributed by atoms with E-state index in [1.54, 1.807) is 0 Å². The smallest absolute Gasteiger partial charge is 0.153 e. The van der Waals surface area contributed by atoms with Crippen molar-refractivity contribution in [1.82, 2.24) is 10.2 Å². The monoisotopic (exact) mass is 360 g/mol. The van der Waals surface area contributed by atoms with Gasteiger partial charge in [-0.15, -0.1) is 0 Å². The molecule has 2 aliphatic heterocycles. The molecule has 2 aromatic rings. The standard InChI is InChI=1S/C18H24N4O2S/c23-25(24)11-9-22(10-12-25)17-3-1-15(2-4-17)16-5-7-21(8-6-16)18-13-19-20-14-18/h1-4,13-14,16H,5-12H2,(H,19,20). The maximum absolute atomic E-state index is 11.6. The van der Waals surface area contributed by atoms with Crippen LogP contribution in [0.3, 0.4) is 0 Å². The fraction of sp³-hybridized carbons (Fsp3) is 0.500. The minimum absolute atomic E-state index is 0.265. The van der Waals surface area contributed by atoms with Gasteiger partial charge in [0.1, 0.15) is 0 Å². The zero-order valence-corrected chi connectivity index (χ0v) is 15.1. The van der Waals surface area contributed by atoms with Crippen LogP contribution in [0.25, 0.3) is 0 Å². The molecule has 2 saturated heterocycles. The molecule has 0 atom stereocenters. The van der Waals surface area contributed by atoms with E-state index in [0.29, 0.717) is 19.0 Å². The van der Waals surface area contributed by atoms with E-state index in [9.17, 15) is 8.42 Å². The molecule has 0 unspecified atom stereocenters. The maximum Gasteiger partial charge on any atom is 0.153 e. The molecule has 6 nitrogen and oxygen atoms in total. The summed E-state index contributed by atoms with van der Waals surface area (Å²) in [5.74, 6) is 1.13. The number of hydrogen-bond acceptors (Lipinski definition) is 5. The van der Waals surface area contributed by atoms with Crippen molar-refractivity contribution in [2.75, 3.05) is 47.5 Å². The second-order valence-corrected chi connectivity index (χ2v) is 9.25. The number of aromatic amines is 1. The van der Waals surface area contributed by atoms with Crippen molar-refractivity contribution in [3.63, 3.8) is 0 Å². The summed E-state index contributed by atoms with van der Waals surface area (Å²) in [5, 5.41) is 6.91. The van der Waals surface area contributed by atoms with Crippen LogP contribution in [-0.4, -0.2) is 56.3 Å². The molecule has 3 heterocycles. The lowest BCUT2D eigenvalue weighted by Crippen LogP contribution is -2.40. The van der Waals surface area contributed by atoms with Crippen molar-refractivity contribution in [2.24, 2.45) is 0 Å². The zero-order valence-electron chi connectivity index (χ0n) is 14.3. The number of benzene rings is 1. The summed E-state index contributed by atoms with van der Waals surface area (Å²) < 4.78 is 23.1. The quantitative estimate of drug-likeness (QED) is 0.907. The zero-order chi connectivity index (χ0) is 17.3. The van der Waals surface area contributed by atoms with Crippen molar-refractivity contribution in [2.45, 2.75) is 18.8 Å². The molecule has 2 fully saturated rings. The van der Waals surface area contributed by atoms with E-state index in [2.05, 4.69) is 44.3 Å². The topological polar surface area (TPSA) is 69.3 Å². The Morgan fingerprint density at radius 1 is 0.920 bits per heavy atom. The number of nitrogens with zero attached hydrogens (tertiary/aromatic N) is 3. The Kier molecular flexibility index (Phi) is 4.41. The van der Waals surface area contributed by atoms with Gasteiger partial charge in [-0.25, -0.2) is 8.42 Å². The third kappa shape index (κ3) is 3.66. The average molecular weight is 360 g/mol. The Balaban J connectivity index is 1.36. The van der Waals surface area contributed by atoms with Gasteiger partial charge in [-0.1, -0.05) is 12.1 Å². The fourth-order valence-corrected chi connectivity index (χ4v) is 5.02. The number of sulfone groups is 1. The highest BCUT2D eigenvalue weighted by Gasteiger charge is 2.23. The van der Waals surface area contributed by atoms with Gasteiger partial charge in [0.2, 0.25) is 0 Å². The molecule has 0 aliphatic carbocycles. The van der Waals surface area contributed by atoms with Crippen LogP contribution in [0.2, 0.25) is 0 Å². The Morgan fingerprint density at radius 2 is 1.56 bits per heavy atom. The lowest BCUT2D eigenvalue weighted by Gasteiger charge is -2.33. The van der Waals surface area contributed by atoms with Gasteiger partial charge in [0.25, 0.3) is 0 Å². The van der Waals surface area contributed by atoms with Crippen LogP contribution in [0.5, 0.6) is 0 Å². The number of nitrogens with one attached hydrogen (secondary N) is 1. The highest BCUT2D eigenvalue weighted by atomic mass is 32.2. The molecule has 1 aromatic heterocycles. The number of anilines is 2. The van der Waals surface area contributed by atoms with Crippen molar-refractivity contribution in [3.05, 3.63) is 42.2 Å². The first-order chi connectivity index (χ1) is 12.1. The molecule has 0 saturated carbocycles. The highest BCUT2D eigenvalue weighted by Crippen LogP contribution is 2.31. The van der Waals surface area contributed by atoms with E-state index < -0.39 is 9.84 Å². The van der Waals surface area contributed by atoms with Crippen LogP contribution >= 0.6 is 0 Å². The van der Waals surface area contributed by atoms with Crippen molar-refractivity contribution in [3.8, 4) is 0 Å². The van der Waals surface area contributed by atoms with Crippen LogP contribution < -0.4 is 9.80 Å². The van der Waals surface area contributed by atoms with Crippen LogP contribution in [0.1, 0.15) is 24.3 Å². The van der Waals surface area contributed by atoms with Crippen molar-refractivity contribution >= 4 is 21.2 Å². The molecule has 0 radical (unpaired) electrons. The molecule has 25 heavy (non-hydrogen) atoms. The third-order valence-corrected chi connectivity index (χ3v) is 7.03. The molecule has 1 aromatic carbocycles. The second kappa shape index (κ2) is 6.71. The van der Waals surface area contributed by atoms with E-state index in [0.717, 1.165) is 31.6 Å². The number of piperidine rings is 1. The Labute approximate surface area is 148 Å². The van der Waals surface area contributed by atoms with Crippen molar-refractivity contribution in [1.29, 1.82) is 0 Å². The van der Waals surface area contributed by atoms with Gasteiger partial charge < -0.3 is 9.80 Å². The van der Waals surface area contributed by atoms with Crippen LogP contribution in [-0.2, 0) is 9.84 Å². The minimum atomic E-state index is -2.83. The first-order valence-corrected chi connectivity index (χ1v) is 10.7. The third-order valence-electron chi connectivity index (χ3n) is 5.42. The van der Waals surface area contributed by atoms with E-state index in [1.165, 1.54) is 11.3 Å². The first-order valence-electron chi connectivity index (χ1n) is 8.90. The van der Waals surface area contributed by atoms with Gasteiger partial charge in [0, 0.05) is 38.1 Å². The van der Waals surface area contributed by atoms with Crippen molar-refractivity contribution < 1.29 is 8.42 Å². The van der Waals surface area contributed by atoms with Gasteiger partial charge in [0.15, 0.2) is 9.84 Å². The van der Waals surface area contributed by atoms with E-state index >= 15 is 0 Å². The Hall–Kier alpha value is -2.02. The molecule has 4 rings (SSSR count). The SMILES string of the molecule is O=S1(=O)CCN(c2ccc(C3CCN(c4cn[nH]c4)CC3)cc2)CC1. The molecule has 0 amide bonds. The Morgan fingerprint density at radius 3 is 2.16 bits per heavy atom. The maximum atomic E-state index is 11.6. The predicted octanol–water partition coefficient (Wildman–Crippen LogP) is 2.03. The lowest BCUT2D eigenvalue weighted by molar-refractivity contribution is 0.505. The van der Waals surface area contributed by atoms with E-state index in [4.69, 9.17) is 0 Å². The van der Waals surface area contributed by atoms with E-state index in [1.807, 2.05) is 12.4 Å². The first kappa shape index (κ1) is 16.4. The molecule has 134 valence electrons. The number of rotatable bonds is 3. The normalized spacial score (nSPS) is 21.4. The summed E-state index contributed by atoms with van der Waals surface area (Å²) >= 11 is 0. The number of aromatic nitrogens is 2. The molecular weight excluding hydrogens is 336 g/mol. The molecule has 0 spiro atoms. The summed E-state index contributed by atoms with van der Waals surface area (Å²) in [6.07, 6.45) is 6.13. The van der Waals surface area contributed by atoms with Gasteiger partial charge in [-0.3, -0.25) is 5.10 Å². The van der Waals surface area contributed by atoms with Gasteiger partial charge in [-0.05, 0) is 36.5 Å². The van der Waals surface area contributed by atoms with Gasteiger partial charge in [0.05, 0.1) is 23.4 Å². The van der Waals surface area contributed by atoms with Crippen LogP contribution in [0.15, 0.2) is 36.7 Å². The van der Waals surface area contributed by atoms with E-state index in [-0.39, 0.29) is 11.5 Å². The second-order valence-electron chi connectivity index (χ2n) is 6.95. The number of H-pyrrole nitrogens is 1. The average Bonchev–Trinajstić information content (AvgIpc) is 3.17. The summed E-state index contributed by atoms with van der Waals surface area (Å²) in [5.41, 5.74) is 3.70. The summed E-state index contributed by atoms with van der Waals surface area (Å²) in [7, 11) is -2.83. The molecule has 0 bridgehead atoms. The van der Waals surface area contributed by atoms with Crippen LogP contribution in [0.4, 0.5) is 11.4 Å². The van der Waals surface area contributed by atoms with Gasteiger partial charge in [-0.2, -0.15) is 5.10 Å².